The normalized spacial score (nSPS) is 18.3. The minimum atomic E-state index is -4.21. The highest BCUT2D eigenvalue weighted by molar-refractivity contribution is 5.95. The summed E-state index contributed by atoms with van der Waals surface area (Å²) in [6.07, 6.45) is -3.78. The zero-order valence-electron chi connectivity index (χ0n) is 14.4. The molecule has 1 fully saturated rings. The molecule has 3 rings (SSSR count). The van der Waals surface area contributed by atoms with Crippen LogP contribution in [0.2, 0.25) is 0 Å². The van der Waals surface area contributed by atoms with E-state index in [-0.39, 0.29) is 19.1 Å². The van der Waals surface area contributed by atoms with E-state index in [9.17, 15) is 18.0 Å². The second-order valence-electron chi connectivity index (χ2n) is 6.34. The molecule has 26 heavy (non-hydrogen) atoms. The molecule has 2 heterocycles. The third-order valence-electron chi connectivity index (χ3n) is 4.27. The minimum Gasteiger partial charge on any atom is -0.375 e. The summed E-state index contributed by atoms with van der Waals surface area (Å²) < 4.78 is 43.4. The first-order valence-corrected chi connectivity index (χ1v) is 8.53. The van der Waals surface area contributed by atoms with E-state index in [0.717, 1.165) is 18.8 Å². The molecule has 6 nitrogen and oxygen atoms in total. The van der Waals surface area contributed by atoms with Gasteiger partial charge in [0.1, 0.15) is 11.8 Å². The van der Waals surface area contributed by atoms with Crippen LogP contribution >= 0.6 is 0 Å². The third kappa shape index (κ3) is 4.27. The van der Waals surface area contributed by atoms with Gasteiger partial charge in [-0.25, -0.2) is 9.78 Å². The average Bonchev–Trinajstić information content (AvgIpc) is 3.02. The lowest BCUT2D eigenvalue weighted by molar-refractivity contribution is -0.135. The average molecular weight is 370 g/mol. The van der Waals surface area contributed by atoms with Crippen LogP contribution in [0.25, 0.3) is 11.0 Å². The summed E-state index contributed by atoms with van der Waals surface area (Å²) in [4.78, 5) is 18.8. The summed E-state index contributed by atoms with van der Waals surface area (Å²) in [7, 11) is 0. The van der Waals surface area contributed by atoms with Gasteiger partial charge >= 0.3 is 12.2 Å². The zero-order valence-corrected chi connectivity index (χ0v) is 14.4. The molecule has 142 valence electrons. The Hall–Kier alpha value is -2.29. The van der Waals surface area contributed by atoms with Crippen molar-refractivity contribution in [1.82, 2.24) is 14.9 Å². The van der Waals surface area contributed by atoms with Crippen molar-refractivity contribution in [2.24, 2.45) is 0 Å². The number of amides is 1. The minimum absolute atomic E-state index is 0.0430. The van der Waals surface area contributed by atoms with Gasteiger partial charge in [0.15, 0.2) is 0 Å². The van der Waals surface area contributed by atoms with Crippen LogP contribution in [0.15, 0.2) is 24.5 Å². The van der Waals surface area contributed by atoms with E-state index < -0.39 is 18.6 Å². The van der Waals surface area contributed by atoms with Crippen molar-refractivity contribution in [3.05, 3.63) is 24.5 Å². The summed E-state index contributed by atoms with van der Waals surface area (Å²) in [5.41, 5.74) is 2.23. The molecular formula is C17H21F3N4O2. The van der Waals surface area contributed by atoms with Crippen molar-refractivity contribution < 1.29 is 22.7 Å². The number of nitrogens with zero attached hydrogens (tertiary/aromatic N) is 3. The van der Waals surface area contributed by atoms with Gasteiger partial charge in [0.25, 0.3) is 0 Å². The van der Waals surface area contributed by atoms with Gasteiger partial charge in [-0.1, -0.05) is 6.07 Å². The molecular weight excluding hydrogens is 349 g/mol. The lowest BCUT2D eigenvalue weighted by Gasteiger charge is -2.33. The molecule has 0 aliphatic carbocycles. The number of carbonyl (C=O) groups excluding carboxylic acids is 1. The quantitative estimate of drug-likeness (QED) is 0.840. The highest BCUT2D eigenvalue weighted by Crippen LogP contribution is 2.27. The molecule has 0 bridgehead atoms. The van der Waals surface area contributed by atoms with Gasteiger partial charge in [-0.05, 0) is 25.5 Å². The number of rotatable bonds is 4. The Morgan fingerprint density at radius 2 is 2.23 bits per heavy atom. The number of ether oxygens (including phenoxy) is 1. The largest absolute Gasteiger partial charge is 0.389 e. The Morgan fingerprint density at radius 3 is 2.96 bits per heavy atom. The summed E-state index contributed by atoms with van der Waals surface area (Å²) in [5.74, 6) is 0. The number of morpholine rings is 1. The van der Waals surface area contributed by atoms with E-state index >= 15 is 0 Å². The van der Waals surface area contributed by atoms with Crippen molar-refractivity contribution in [2.45, 2.75) is 32.0 Å². The molecule has 1 N–H and O–H groups in total. The van der Waals surface area contributed by atoms with Crippen LogP contribution in [0.4, 0.5) is 23.7 Å². The lowest BCUT2D eigenvalue weighted by atomic mass is 10.2. The molecule has 1 saturated heterocycles. The van der Waals surface area contributed by atoms with Crippen LogP contribution in [0, 0.1) is 0 Å². The Morgan fingerprint density at radius 1 is 1.42 bits per heavy atom. The van der Waals surface area contributed by atoms with E-state index in [1.54, 1.807) is 6.07 Å². The van der Waals surface area contributed by atoms with Crippen LogP contribution in [0.1, 0.15) is 19.8 Å². The first-order chi connectivity index (χ1) is 12.3. The molecule has 1 aliphatic heterocycles. The Labute approximate surface area is 148 Å². The maximum absolute atomic E-state index is 12.3. The molecule has 1 aromatic carbocycles. The molecule has 1 amide bonds. The molecule has 1 aromatic heterocycles. The van der Waals surface area contributed by atoms with Crippen LogP contribution < -0.4 is 10.2 Å². The smallest absolute Gasteiger partial charge is 0.375 e. The topological polar surface area (TPSA) is 59.4 Å². The van der Waals surface area contributed by atoms with Gasteiger partial charge in [0.05, 0.1) is 23.9 Å². The molecule has 1 unspecified atom stereocenters. The van der Waals surface area contributed by atoms with Crippen molar-refractivity contribution in [1.29, 1.82) is 0 Å². The van der Waals surface area contributed by atoms with Gasteiger partial charge in [-0.2, -0.15) is 13.2 Å². The van der Waals surface area contributed by atoms with Crippen LogP contribution in [-0.4, -0.2) is 54.1 Å². The van der Waals surface area contributed by atoms with Crippen molar-refractivity contribution in [3.63, 3.8) is 0 Å². The van der Waals surface area contributed by atoms with Crippen molar-refractivity contribution >= 4 is 22.8 Å². The number of alkyl halides is 3. The SMILES string of the molecule is CC1CN(c2cccc3c2ncn3C(=O)NCCCC(F)(F)F)CCO1. The maximum Gasteiger partial charge on any atom is 0.389 e. The van der Waals surface area contributed by atoms with Gasteiger partial charge in [-0.3, -0.25) is 4.57 Å². The van der Waals surface area contributed by atoms with Crippen molar-refractivity contribution in [3.8, 4) is 0 Å². The molecule has 9 heteroatoms. The molecule has 0 spiro atoms. The number of hydrogen-bond donors (Lipinski definition) is 1. The Bertz CT molecular complexity index is 775. The van der Waals surface area contributed by atoms with E-state index in [1.807, 2.05) is 19.1 Å². The highest BCUT2D eigenvalue weighted by Gasteiger charge is 2.26. The van der Waals surface area contributed by atoms with Gasteiger partial charge < -0.3 is 15.0 Å². The fourth-order valence-corrected chi connectivity index (χ4v) is 3.05. The predicted octanol–water partition coefficient (Wildman–Crippen LogP) is 3.16. The highest BCUT2D eigenvalue weighted by atomic mass is 19.4. The number of imidazole rings is 1. The fourth-order valence-electron chi connectivity index (χ4n) is 3.05. The van der Waals surface area contributed by atoms with Crippen molar-refractivity contribution in [2.75, 3.05) is 31.1 Å². The number of anilines is 1. The standard InChI is InChI=1S/C17H21F3N4O2/c1-12-10-23(8-9-26-12)13-4-2-5-14-15(13)22-11-24(14)16(25)21-7-3-6-17(18,19)20/h2,4-5,11-12H,3,6-10H2,1H3,(H,21,25). The number of carbonyl (C=O) groups is 1. The monoisotopic (exact) mass is 370 g/mol. The number of hydrogen-bond acceptors (Lipinski definition) is 4. The second-order valence-corrected chi connectivity index (χ2v) is 6.34. The molecule has 1 aliphatic rings. The zero-order chi connectivity index (χ0) is 18.7. The summed E-state index contributed by atoms with van der Waals surface area (Å²) in [5, 5.41) is 2.51. The molecule has 0 radical (unpaired) electrons. The number of fused-ring (bicyclic) bond motifs is 1. The summed E-state index contributed by atoms with van der Waals surface area (Å²) >= 11 is 0. The van der Waals surface area contributed by atoms with E-state index in [4.69, 9.17) is 4.74 Å². The number of nitrogens with one attached hydrogen (secondary N) is 1. The van der Waals surface area contributed by atoms with Crippen LogP contribution in [0.3, 0.4) is 0 Å². The number of para-hydroxylation sites is 1. The molecule has 1 atom stereocenters. The summed E-state index contributed by atoms with van der Waals surface area (Å²) in [6.45, 7) is 4.05. The number of benzene rings is 1. The first kappa shape index (κ1) is 18.5. The number of aromatic nitrogens is 2. The van der Waals surface area contributed by atoms with Crippen LogP contribution in [0.5, 0.6) is 0 Å². The van der Waals surface area contributed by atoms with Gasteiger partial charge in [0.2, 0.25) is 0 Å². The Balaban J connectivity index is 1.72. The van der Waals surface area contributed by atoms with Gasteiger partial charge in [-0.15, -0.1) is 0 Å². The molecule has 2 aromatic rings. The maximum atomic E-state index is 12.3. The van der Waals surface area contributed by atoms with Gasteiger partial charge in [0, 0.05) is 26.1 Å². The lowest BCUT2D eigenvalue weighted by Crippen LogP contribution is -2.41. The Kier molecular flexibility index (Phi) is 5.36. The van der Waals surface area contributed by atoms with Crippen LogP contribution in [-0.2, 0) is 4.74 Å². The van der Waals surface area contributed by atoms with E-state index in [0.29, 0.717) is 17.6 Å². The third-order valence-corrected chi connectivity index (χ3v) is 4.27. The van der Waals surface area contributed by atoms with E-state index in [2.05, 4.69) is 15.2 Å². The molecule has 0 saturated carbocycles. The second kappa shape index (κ2) is 7.53. The fraction of sp³-hybridized carbons (Fsp3) is 0.529. The first-order valence-electron chi connectivity index (χ1n) is 8.53. The predicted molar refractivity (Wildman–Crippen MR) is 91.4 cm³/mol. The summed E-state index contributed by atoms with van der Waals surface area (Å²) in [6, 6.07) is 5.07. The number of halogens is 3. The van der Waals surface area contributed by atoms with E-state index in [1.165, 1.54) is 10.9 Å².